The van der Waals surface area contributed by atoms with Crippen molar-refractivity contribution in [1.82, 2.24) is 10.2 Å². The van der Waals surface area contributed by atoms with Gasteiger partial charge in [-0.25, -0.2) is 0 Å². The molecule has 1 aromatic carbocycles. The van der Waals surface area contributed by atoms with E-state index in [1.807, 2.05) is 29.2 Å². The number of carbonyl (C=O) groups excluding carboxylic acids is 2. The summed E-state index contributed by atoms with van der Waals surface area (Å²) < 4.78 is 0. The van der Waals surface area contributed by atoms with Crippen LogP contribution in [0.3, 0.4) is 0 Å². The largest absolute Gasteiger partial charge is 0.352 e. The molecule has 1 aliphatic heterocycles. The number of hydrogen-bond donors (Lipinski definition) is 2. The Bertz CT molecular complexity index is 484. The molecule has 1 fully saturated rings. The quantitative estimate of drug-likeness (QED) is 0.860. The van der Waals surface area contributed by atoms with Crippen LogP contribution in [-0.4, -0.2) is 35.8 Å². The summed E-state index contributed by atoms with van der Waals surface area (Å²) in [5.74, 6) is -0.0276. The first-order chi connectivity index (χ1) is 9.60. The van der Waals surface area contributed by atoms with Crippen LogP contribution in [0.15, 0.2) is 24.3 Å². The fraction of sp³-hybridized carbons (Fsp3) is 0.467. The maximum absolute atomic E-state index is 12.4. The van der Waals surface area contributed by atoms with Crippen LogP contribution in [0.5, 0.6) is 0 Å². The van der Waals surface area contributed by atoms with Gasteiger partial charge in [0.1, 0.15) is 0 Å². The van der Waals surface area contributed by atoms with Gasteiger partial charge in [-0.1, -0.05) is 12.1 Å². The van der Waals surface area contributed by atoms with Crippen molar-refractivity contribution in [2.24, 2.45) is 5.73 Å². The molecule has 1 aromatic rings. The Morgan fingerprint density at radius 2 is 2.05 bits per heavy atom. The second-order valence-electron chi connectivity index (χ2n) is 5.19. The van der Waals surface area contributed by atoms with Crippen molar-refractivity contribution in [3.63, 3.8) is 0 Å². The Labute approximate surface area is 119 Å². The van der Waals surface area contributed by atoms with Crippen LogP contribution < -0.4 is 11.1 Å². The highest BCUT2D eigenvalue weighted by molar-refractivity contribution is 5.94. The zero-order chi connectivity index (χ0) is 14.5. The molecule has 2 rings (SSSR count). The molecule has 1 heterocycles. The number of carbonyl (C=O) groups is 2. The van der Waals surface area contributed by atoms with Gasteiger partial charge < -0.3 is 16.0 Å². The second kappa shape index (κ2) is 6.52. The molecule has 3 N–H and O–H groups in total. The first-order valence-electron chi connectivity index (χ1n) is 6.95. The molecular weight excluding hydrogens is 254 g/mol. The number of likely N-dealkylation sites (tertiary alicyclic amines) is 1. The number of nitrogens with one attached hydrogen (secondary N) is 1. The second-order valence-corrected chi connectivity index (χ2v) is 5.19. The third-order valence-corrected chi connectivity index (χ3v) is 3.55. The van der Waals surface area contributed by atoms with Crippen LogP contribution in [0.25, 0.3) is 0 Å². The molecule has 0 spiro atoms. The van der Waals surface area contributed by atoms with Gasteiger partial charge in [-0.3, -0.25) is 9.59 Å². The van der Waals surface area contributed by atoms with E-state index in [4.69, 9.17) is 5.73 Å². The lowest BCUT2D eigenvalue weighted by Gasteiger charge is -2.33. The molecule has 1 saturated heterocycles. The molecule has 20 heavy (non-hydrogen) atoms. The van der Waals surface area contributed by atoms with Crippen LogP contribution in [-0.2, 0) is 11.3 Å². The van der Waals surface area contributed by atoms with Crippen LogP contribution in [0.1, 0.15) is 35.7 Å². The van der Waals surface area contributed by atoms with Gasteiger partial charge in [-0.05, 0) is 30.5 Å². The minimum absolute atomic E-state index is 0.0172. The summed E-state index contributed by atoms with van der Waals surface area (Å²) in [6.07, 6.45) is 1.84. The van der Waals surface area contributed by atoms with E-state index in [-0.39, 0.29) is 17.9 Å². The van der Waals surface area contributed by atoms with Gasteiger partial charge in [0, 0.05) is 38.2 Å². The molecule has 5 heteroatoms. The molecule has 1 aliphatic rings. The summed E-state index contributed by atoms with van der Waals surface area (Å²) in [4.78, 5) is 25.3. The normalized spacial score (nSPS) is 18.7. The highest BCUT2D eigenvalue weighted by atomic mass is 16.2. The van der Waals surface area contributed by atoms with Crippen molar-refractivity contribution in [3.05, 3.63) is 35.4 Å². The van der Waals surface area contributed by atoms with Gasteiger partial charge >= 0.3 is 0 Å². The SMILES string of the molecule is CC(=O)NC1CCCN(C(=O)c2ccc(CN)cc2)C1. The monoisotopic (exact) mass is 275 g/mol. The van der Waals surface area contributed by atoms with E-state index in [2.05, 4.69) is 5.32 Å². The lowest BCUT2D eigenvalue weighted by molar-refractivity contribution is -0.120. The van der Waals surface area contributed by atoms with Gasteiger partial charge in [0.25, 0.3) is 5.91 Å². The topological polar surface area (TPSA) is 75.4 Å². The molecule has 108 valence electrons. The van der Waals surface area contributed by atoms with Crippen molar-refractivity contribution in [1.29, 1.82) is 0 Å². The summed E-state index contributed by atoms with van der Waals surface area (Å²) >= 11 is 0. The highest BCUT2D eigenvalue weighted by Gasteiger charge is 2.24. The molecule has 1 unspecified atom stereocenters. The van der Waals surface area contributed by atoms with Crippen molar-refractivity contribution in [3.8, 4) is 0 Å². The van der Waals surface area contributed by atoms with Gasteiger partial charge in [0.2, 0.25) is 5.91 Å². The highest BCUT2D eigenvalue weighted by Crippen LogP contribution is 2.14. The third-order valence-electron chi connectivity index (χ3n) is 3.55. The summed E-state index contributed by atoms with van der Waals surface area (Å²) in [5, 5.41) is 2.89. The van der Waals surface area contributed by atoms with E-state index in [0.29, 0.717) is 18.7 Å². The lowest BCUT2D eigenvalue weighted by atomic mass is 10.0. The molecule has 1 atom stereocenters. The van der Waals surface area contributed by atoms with E-state index >= 15 is 0 Å². The predicted octanol–water partition coefficient (Wildman–Crippen LogP) is 0.886. The van der Waals surface area contributed by atoms with E-state index in [1.54, 1.807) is 0 Å². The molecule has 0 saturated carbocycles. The minimum atomic E-state index is -0.0448. The Kier molecular flexibility index (Phi) is 4.74. The van der Waals surface area contributed by atoms with Gasteiger partial charge in [0.05, 0.1) is 0 Å². The fourth-order valence-corrected chi connectivity index (χ4v) is 2.53. The lowest BCUT2D eigenvalue weighted by Crippen LogP contribution is -2.49. The van der Waals surface area contributed by atoms with Crippen LogP contribution in [0.2, 0.25) is 0 Å². The average Bonchev–Trinajstić information content (AvgIpc) is 2.46. The Morgan fingerprint density at radius 3 is 2.65 bits per heavy atom. The Hall–Kier alpha value is -1.88. The molecule has 5 nitrogen and oxygen atoms in total. The van der Waals surface area contributed by atoms with Crippen molar-refractivity contribution >= 4 is 11.8 Å². The van der Waals surface area contributed by atoms with Crippen molar-refractivity contribution in [2.45, 2.75) is 32.4 Å². The van der Waals surface area contributed by atoms with Crippen LogP contribution >= 0.6 is 0 Å². The summed E-state index contributed by atoms with van der Waals surface area (Å²) in [6, 6.07) is 7.44. The third kappa shape index (κ3) is 3.57. The van der Waals surface area contributed by atoms with E-state index < -0.39 is 0 Å². The Balaban J connectivity index is 2.02. The first kappa shape index (κ1) is 14.5. The zero-order valence-corrected chi connectivity index (χ0v) is 11.8. The van der Waals surface area contributed by atoms with Crippen LogP contribution in [0, 0.1) is 0 Å². The van der Waals surface area contributed by atoms with Crippen molar-refractivity contribution < 1.29 is 9.59 Å². The number of hydrogen-bond acceptors (Lipinski definition) is 3. The standard InChI is InChI=1S/C15H21N3O2/c1-11(19)17-14-3-2-8-18(10-14)15(20)13-6-4-12(9-16)5-7-13/h4-7,14H,2-3,8-10,16H2,1H3,(H,17,19). The molecular formula is C15H21N3O2. The maximum Gasteiger partial charge on any atom is 0.253 e. The minimum Gasteiger partial charge on any atom is -0.352 e. The number of nitrogens with two attached hydrogens (primary N) is 1. The van der Waals surface area contributed by atoms with Gasteiger partial charge in [-0.2, -0.15) is 0 Å². The number of amides is 2. The fourth-order valence-electron chi connectivity index (χ4n) is 2.53. The number of piperidine rings is 1. The molecule has 0 aromatic heterocycles. The van der Waals surface area contributed by atoms with Crippen molar-refractivity contribution in [2.75, 3.05) is 13.1 Å². The van der Waals surface area contributed by atoms with Gasteiger partial charge in [-0.15, -0.1) is 0 Å². The van der Waals surface area contributed by atoms with Crippen LogP contribution in [0.4, 0.5) is 0 Å². The molecule has 0 aliphatic carbocycles. The zero-order valence-electron chi connectivity index (χ0n) is 11.8. The summed E-state index contributed by atoms with van der Waals surface area (Å²) in [6.45, 7) is 3.31. The number of rotatable bonds is 3. The van der Waals surface area contributed by atoms with Gasteiger partial charge in [0.15, 0.2) is 0 Å². The maximum atomic E-state index is 12.4. The van der Waals surface area contributed by atoms with E-state index in [9.17, 15) is 9.59 Å². The smallest absolute Gasteiger partial charge is 0.253 e. The number of nitrogens with zero attached hydrogens (tertiary/aromatic N) is 1. The molecule has 0 bridgehead atoms. The number of benzene rings is 1. The van der Waals surface area contributed by atoms with E-state index in [0.717, 1.165) is 24.9 Å². The summed E-state index contributed by atoms with van der Waals surface area (Å²) in [5.41, 5.74) is 7.23. The van der Waals surface area contributed by atoms with E-state index in [1.165, 1.54) is 6.92 Å². The molecule has 2 amide bonds. The first-order valence-corrected chi connectivity index (χ1v) is 6.95. The predicted molar refractivity (Wildman–Crippen MR) is 77.1 cm³/mol. The molecule has 0 radical (unpaired) electrons. The average molecular weight is 275 g/mol. The summed E-state index contributed by atoms with van der Waals surface area (Å²) in [7, 11) is 0. The Morgan fingerprint density at radius 1 is 1.35 bits per heavy atom.